The predicted molar refractivity (Wildman–Crippen MR) is 93.9 cm³/mol. The van der Waals surface area contributed by atoms with Gasteiger partial charge in [0.05, 0.1) is 0 Å². The molecular weight excluding hydrogens is 322 g/mol. The zero-order chi connectivity index (χ0) is 16.8. The number of nitrogens with zero attached hydrogens (tertiary/aromatic N) is 4. The van der Waals surface area contributed by atoms with Gasteiger partial charge in [0.1, 0.15) is 0 Å². The number of carbonyl (C=O) groups is 1. The van der Waals surface area contributed by atoms with Crippen molar-refractivity contribution < 1.29 is 4.79 Å². The second-order valence-corrected chi connectivity index (χ2v) is 6.03. The Kier molecular flexibility index (Phi) is 5.22. The first-order valence-electron chi connectivity index (χ1n) is 7.60. The summed E-state index contributed by atoms with van der Waals surface area (Å²) < 4.78 is 1.76. The van der Waals surface area contributed by atoms with Crippen LogP contribution in [0.25, 0.3) is 0 Å². The minimum absolute atomic E-state index is 0.115. The zero-order valence-corrected chi connectivity index (χ0v) is 14.0. The lowest BCUT2D eigenvalue weighted by atomic mass is 10.1. The van der Waals surface area contributed by atoms with Crippen LogP contribution in [0.1, 0.15) is 22.8 Å². The van der Waals surface area contributed by atoms with Crippen LogP contribution in [0.3, 0.4) is 0 Å². The zero-order valence-electron chi connectivity index (χ0n) is 13.2. The van der Waals surface area contributed by atoms with Crippen LogP contribution in [0.4, 0.5) is 5.69 Å². The van der Waals surface area contributed by atoms with Crippen LogP contribution in [0, 0.1) is 0 Å². The van der Waals surface area contributed by atoms with Crippen molar-refractivity contribution in [2.45, 2.75) is 24.4 Å². The molecule has 24 heavy (non-hydrogen) atoms. The predicted octanol–water partition coefficient (Wildman–Crippen LogP) is 3.24. The number of hydrogen-bond donors (Lipinski definition) is 1. The molecular formula is C17H17N5OS. The minimum Gasteiger partial charge on any atom is -0.322 e. The van der Waals surface area contributed by atoms with Crippen molar-refractivity contribution in [2.24, 2.45) is 0 Å². The molecule has 122 valence electrons. The standard InChI is InChI=1S/C17H17N5OS/c1-2-22-17(19-20-21-22)24-12-13-8-10-14(11-9-13)16(23)18-15-6-4-3-5-7-15/h3-11H,2,12H2,1H3,(H,18,23). The number of benzene rings is 2. The van der Waals surface area contributed by atoms with Crippen LogP contribution in [0.15, 0.2) is 59.8 Å². The van der Waals surface area contributed by atoms with Crippen LogP contribution >= 0.6 is 11.8 Å². The highest BCUT2D eigenvalue weighted by molar-refractivity contribution is 7.98. The van der Waals surface area contributed by atoms with E-state index in [2.05, 4.69) is 20.8 Å². The molecule has 0 bridgehead atoms. The van der Waals surface area contributed by atoms with Crippen LogP contribution in [0.5, 0.6) is 0 Å². The topological polar surface area (TPSA) is 72.7 Å². The van der Waals surface area contributed by atoms with Gasteiger partial charge in [-0.2, -0.15) is 0 Å². The van der Waals surface area contributed by atoms with Crippen molar-refractivity contribution in [3.63, 3.8) is 0 Å². The van der Waals surface area contributed by atoms with E-state index in [1.165, 1.54) is 0 Å². The molecule has 3 rings (SSSR count). The third-order valence-corrected chi connectivity index (χ3v) is 4.44. The summed E-state index contributed by atoms with van der Waals surface area (Å²) in [6, 6.07) is 17.0. The molecule has 0 spiro atoms. The van der Waals surface area contributed by atoms with Crippen LogP contribution in [-0.4, -0.2) is 26.1 Å². The Morgan fingerprint density at radius 2 is 1.88 bits per heavy atom. The van der Waals surface area contributed by atoms with Crippen molar-refractivity contribution in [2.75, 3.05) is 5.32 Å². The van der Waals surface area contributed by atoms with E-state index in [1.807, 2.05) is 61.5 Å². The molecule has 0 fully saturated rings. The Hall–Kier alpha value is -2.67. The summed E-state index contributed by atoms with van der Waals surface area (Å²) in [5.41, 5.74) is 2.53. The maximum Gasteiger partial charge on any atom is 0.255 e. The van der Waals surface area contributed by atoms with Gasteiger partial charge >= 0.3 is 0 Å². The molecule has 7 heteroatoms. The maximum absolute atomic E-state index is 12.2. The first-order valence-corrected chi connectivity index (χ1v) is 8.59. The first-order chi connectivity index (χ1) is 11.8. The van der Waals surface area contributed by atoms with E-state index in [0.29, 0.717) is 5.56 Å². The van der Waals surface area contributed by atoms with E-state index in [4.69, 9.17) is 0 Å². The van der Waals surface area contributed by atoms with Gasteiger partial charge in [0.2, 0.25) is 5.16 Å². The molecule has 0 radical (unpaired) electrons. The van der Waals surface area contributed by atoms with E-state index >= 15 is 0 Å². The lowest BCUT2D eigenvalue weighted by molar-refractivity contribution is 0.102. The molecule has 0 aliphatic heterocycles. The highest BCUT2D eigenvalue weighted by Gasteiger charge is 2.08. The lowest BCUT2D eigenvalue weighted by Crippen LogP contribution is -2.11. The summed E-state index contributed by atoms with van der Waals surface area (Å²) in [7, 11) is 0. The normalized spacial score (nSPS) is 10.5. The van der Waals surface area contributed by atoms with Gasteiger partial charge < -0.3 is 5.32 Å². The Labute approximate surface area is 144 Å². The van der Waals surface area contributed by atoms with E-state index in [1.54, 1.807) is 16.4 Å². The van der Waals surface area contributed by atoms with Crippen LogP contribution in [0.2, 0.25) is 0 Å². The summed E-state index contributed by atoms with van der Waals surface area (Å²) in [5.74, 6) is 0.636. The summed E-state index contributed by atoms with van der Waals surface area (Å²) in [6.07, 6.45) is 0. The monoisotopic (exact) mass is 339 g/mol. The summed E-state index contributed by atoms with van der Waals surface area (Å²) in [5, 5.41) is 15.2. The first kappa shape index (κ1) is 16.2. The number of carbonyl (C=O) groups excluding carboxylic acids is 1. The molecule has 6 nitrogen and oxygen atoms in total. The highest BCUT2D eigenvalue weighted by atomic mass is 32.2. The fraction of sp³-hybridized carbons (Fsp3) is 0.176. The molecule has 2 aromatic carbocycles. The van der Waals surface area contributed by atoms with Gasteiger partial charge in [0.15, 0.2) is 0 Å². The second-order valence-electron chi connectivity index (χ2n) is 5.08. The molecule has 1 aromatic heterocycles. The molecule has 0 aliphatic carbocycles. The summed E-state index contributed by atoms with van der Waals surface area (Å²) in [6.45, 7) is 2.74. The summed E-state index contributed by atoms with van der Waals surface area (Å²) >= 11 is 1.57. The Morgan fingerprint density at radius 3 is 2.58 bits per heavy atom. The Morgan fingerprint density at radius 1 is 1.12 bits per heavy atom. The fourth-order valence-electron chi connectivity index (χ4n) is 2.12. The number of thioether (sulfide) groups is 1. The molecule has 0 aliphatic rings. The molecule has 3 aromatic rings. The molecule has 0 saturated carbocycles. The Bertz CT molecular complexity index is 801. The van der Waals surface area contributed by atoms with E-state index in [9.17, 15) is 4.79 Å². The van der Waals surface area contributed by atoms with Gasteiger partial charge in [-0.05, 0) is 47.2 Å². The fourth-order valence-corrected chi connectivity index (χ4v) is 3.02. The molecule has 1 heterocycles. The van der Waals surface area contributed by atoms with Gasteiger partial charge in [0, 0.05) is 23.5 Å². The van der Waals surface area contributed by atoms with Gasteiger partial charge in [-0.1, -0.05) is 42.1 Å². The lowest BCUT2D eigenvalue weighted by Gasteiger charge is -2.06. The molecule has 0 saturated heterocycles. The largest absolute Gasteiger partial charge is 0.322 e. The van der Waals surface area contributed by atoms with Gasteiger partial charge in [-0.15, -0.1) is 5.10 Å². The average Bonchev–Trinajstić information content (AvgIpc) is 3.09. The number of rotatable bonds is 6. The van der Waals surface area contributed by atoms with Crippen LogP contribution in [-0.2, 0) is 12.3 Å². The van der Waals surface area contributed by atoms with Crippen LogP contribution < -0.4 is 5.32 Å². The van der Waals surface area contributed by atoms with E-state index < -0.39 is 0 Å². The van der Waals surface area contributed by atoms with Crippen molar-refractivity contribution >= 4 is 23.4 Å². The molecule has 0 atom stereocenters. The molecule has 1 amide bonds. The summed E-state index contributed by atoms with van der Waals surface area (Å²) in [4.78, 5) is 12.2. The van der Waals surface area contributed by atoms with Crippen molar-refractivity contribution in [1.82, 2.24) is 20.2 Å². The van der Waals surface area contributed by atoms with Gasteiger partial charge in [-0.25, -0.2) is 4.68 Å². The molecule has 1 N–H and O–H groups in total. The number of aromatic nitrogens is 4. The van der Waals surface area contributed by atoms with Crippen molar-refractivity contribution in [3.05, 3.63) is 65.7 Å². The average molecular weight is 339 g/mol. The third kappa shape index (κ3) is 3.99. The van der Waals surface area contributed by atoms with Crippen molar-refractivity contribution in [1.29, 1.82) is 0 Å². The number of nitrogens with one attached hydrogen (secondary N) is 1. The van der Waals surface area contributed by atoms with E-state index in [0.717, 1.165) is 28.7 Å². The number of anilines is 1. The third-order valence-electron chi connectivity index (χ3n) is 3.41. The quantitative estimate of drug-likeness (QED) is 0.698. The highest BCUT2D eigenvalue weighted by Crippen LogP contribution is 2.20. The van der Waals surface area contributed by atoms with Gasteiger partial charge in [0.25, 0.3) is 5.91 Å². The smallest absolute Gasteiger partial charge is 0.255 e. The number of hydrogen-bond acceptors (Lipinski definition) is 5. The van der Waals surface area contributed by atoms with Crippen molar-refractivity contribution in [3.8, 4) is 0 Å². The number of tetrazole rings is 1. The second kappa shape index (κ2) is 7.74. The minimum atomic E-state index is -0.115. The van der Waals surface area contributed by atoms with Gasteiger partial charge in [-0.3, -0.25) is 4.79 Å². The SMILES string of the molecule is CCn1nnnc1SCc1ccc(C(=O)Nc2ccccc2)cc1. The number of aryl methyl sites for hydroxylation is 1. The maximum atomic E-state index is 12.2. The number of para-hydroxylation sites is 1. The van der Waals surface area contributed by atoms with E-state index in [-0.39, 0.29) is 5.91 Å². The number of amides is 1. The molecule has 0 unspecified atom stereocenters. The Balaban J connectivity index is 1.60.